The Bertz CT molecular complexity index is 366. The van der Waals surface area contributed by atoms with Crippen molar-refractivity contribution >= 4 is 10.2 Å². The molecule has 0 aliphatic carbocycles. The maximum Gasteiger partial charge on any atom is 0.308 e. The van der Waals surface area contributed by atoms with E-state index >= 15 is 0 Å². The summed E-state index contributed by atoms with van der Waals surface area (Å²) in [5, 5.41) is 0. The van der Waals surface area contributed by atoms with Crippen molar-refractivity contribution in [2.45, 2.75) is 6.92 Å². The van der Waals surface area contributed by atoms with E-state index in [4.69, 9.17) is 0 Å². The van der Waals surface area contributed by atoms with E-state index in [-0.39, 0.29) is 0 Å². The van der Waals surface area contributed by atoms with E-state index in [2.05, 4.69) is 4.98 Å². The second-order valence-corrected chi connectivity index (χ2v) is 4.64. The molecule has 0 fully saturated rings. The van der Waals surface area contributed by atoms with Gasteiger partial charge in [0.25, 0.3) is 0 Å². The predicted molar refractivity (Wildman–Crippen MR) is 45.0 cm³/mol. The van der Waals surface area contributed by atoms with Gasteiger partial charge < -0.3 is 0 Å². The summed E-state index contributed by atoms with van der Waals surface area (Å²) in [5.41, 5.74) is 0.601. The van der Waals surface area contributed by atoms with Crippen LogP contribution in [0.2, 0.25) is 0 Å². The molecule has 6 heteroatoms. The highest BCUT2D eigenvalue weighted by molar-refractivity contribution is 7.87. The van der Waals surface area contributed by atoms with Crippen LogP contribution in [0.5, 0.6) is 0 Å². The first-order valence-electron chi connectivity index (χ1n) is 3.38. The Morgan fingerprint density at radius 1 is 1.50 bits per heavy atom. The average Bonchev–Trinajstić information content (AvgIpc) is 2.35. The maximum atomic E-state index is 11.5. The normalized spacial score (nSPS) is 12.3. The van der Waals surface area contributed by atoms with Gasteiger partial charge in [0, 0.05) is 20.3 Å². The van der Waals surface area contributed by atoms with Crippen LogP contribution in [0.4, 0.5) is 0 Å². The lowest BCUT2D eigenvalue weighted by atomic mass is 10.6. The molecule has 0 aliphatic rings. The van der Waals surface area contributed by atoms with Crippen molar-refractivity contribution in [2.75, 3.05) is 14.1 Å². The van der Waals surface area contributed by atoms with E-state index < -0.39 is 10.2 Å². The Morgan fingerprint density at radius 2 is 2.08 bits per heavy atom. The second-order valence-electron chi connectivity index (χ2n) is 2.62. The molecule has 0 aliphatic heterocycles. The zero-order chi connectivity index (χ0) is 9.35. The molecule has 1 heterocycles. The van der Waals surface area contributed by atoms with Crippen LogP contribution in [0.1, 0.15) is 5.69 Å². The maximum absolute atomic E-state index is 11.5. The van der Waals surface area contributed by atoms with Gasteiger partial charge in [0.15, 0.2) is 0 Å². The minimum atomic E-state index is -3.38. The van der Waals surface area contributed by atoms with E-state index in [1.807, 2.05) is 0 Å². The minimum Gasteiger partial charge on any atom is -0.244 e. The molecule has 0 radical (unpaired) electrons. The first-order valence-corrected chi connectivity index (χ1v) is 4.78. The summed E-state index contributed by atoms with van der Waals surface area (Å²) in [6, 6.07) is 0. The molecule has 0 saturated heterocycles. The van der Waals surface area contributed by atoms with Gasteiger partial charge in [-0.2, -0.15) is 12.7 Å². The van der Waals surface area contributed by atoms with Gasteiger partial charge >= 0.3 is 10.2 Å². The van der Waals surface area contributed by atoms with E-state index in [1.54, 1.807) is 6.92 Å². The first kappa shape index (κ1) is 9.21. The highest BCUT2D eigenvalue weighted by atomic mass is 32.2. The molecule has 0 N–H and O–H groups in total. The zero-order valence-corrected chi connectivity index (χ0v) is 8.04. The van der Waals surface area contributed by atoms with Crippen molar-refractivity contribution < 1.29 is 8.42 Å². The summed E-state index contributed by atoms with van der Waals surface area (Å²) in [6.07, 6.45) is 2.78. The van der Waals surface area contributed by atoms with Gasteiger partial charge in [-0.25, -0.2) is 8.96 Å². The molecule has 68 valence electrons. The van der Waals surface area contributed by atoms with Gasteiger partial charge in [-0.3, -0.25) is 0 Å². The molecule has 5 nitrogen and oxygen atoms in total. The third kappa shape index (κ3) is 1.35. The molecule has 0 amide bonds. The van der Waals surface area contributed by atoms with E-state index in [0.29, 0.717) is 5.69 Å². The zero-order valence-electron chi connectivity index (χ0n) is 7.22. The number of hydrogen-bond acceptors (Lipinski definition) is 3. The number of imidazole rings is 1. The Labute approximate surface area is 71.8 Å². The predicted octanol–water partition coefficient (Wildman–Crippen LogP) is -0.154. The van der Waals surface area contributed by atoms with Crippen molar-refractivity contribution in [1.29, 1.82) is 0 Å². The molecule has 0 saturated carbocycles. The lowest BCUT2D eigenvalue weighted by Gasteiger charge is -2.12. The topological polar surface area (TPSA) is 55.2 Å². The summed E-state index contributed by atoms with van der Waals surface area (Å²) in [7, 11) is -0.415. The lowest BCUT2D eigenvalue weighted by molar-refractivity contribution is 0.509. The molecule has 0 atom stereocenters. The monoisotopic (exact) mass is 189 g/mol. The van der Waals surface area contributed by atoms with Gasteiger partial charge in [-0.05, 0) is 6.92 Å². The second kappa shape index (κ2) is 2.87. The van der Waals surface area contributed by atoms with Gasteiger partial charge in [0.1, 0.15) is 6.33 Å². The Hall–Kier alpha value is -0.880. The van der Waals surface area contributed by atoms with Crippen LogP contribution < -0.4 is 0 Å². The number of aromatic nitrogens is 2. The average molecular weight is 189 g/mol. The Morgan fingerprint density at radius 3 is 2.42 bits per heavy atom. The Kier molecular flexibility index (Phi) is 2.20. The SMILES string of the molecule is Cc1cncn1S(=O)(=O)N(C)C. The molecule has 0 unspecified atom stereocenters. The fourth-order valence-electron chi connectivity index (χ4n) is 0.767. The largest absolute Gasteiger partial charge is 0.308 e. The molecular formula is C6H11N3O2S. The molecular weight excluding hydrogens is 178 g/mol. The molecule has 12 heavy (non-hydrogen) atoms. The fourth-order valence-corrected chi connectivity index (χ4v) is 1.70. The van der Waals surface area contributed by atoms with Gasteiger partial charge in [-0.15, -0.1) is 0 Å². The standard InChI is InChI=1S/C6H11N3O2S/c1-6-4-7-5-9(6)12(10,11)8(2)3/h4-5H,1-3H3. The van der Waals surface area contributed by atoms with Crippen LogP contribution >= 0.6 is 0 Å². The summed E-state index contributed by atoms with van der Waals surface area (Å²) in [5.74, 6) is 0. The van der Waals surface area contributed by atoms with Crippen LogP contribution in [0.3, 0.4) is 0 Å². The van der Waals surface area contributed by atoms with Crippen LogP contribution in [0.25, 0.3) is 0 Å². The van der Waals surface area contributed by atoms with Crippen molar-refractivity contribution in [1.82, 2.24) is 13.3 Å². The van der Waals surface area contributed by atoms with Crippen molar-refractivity contribution in [2.24, 2.45) is 0 Å². The van der Waals surface area contributed by atoms with Gasteiger partial charge in [-0.1, -0.05) is 0 Å². The van der Waals surface area contributed by atoms with Gasteiger partial charge in [0.2, 0.25) is 0 Å². The molecule has 0 aromatic carbocycles. The van der Waals surface area contributed by atoms with Crippen LogP contribution in [0, 0.1) is 6.92 Å². The van der Waals surface area contributed by atoms with E-state index in [0.717, 1.165) is 8.28 Å². The van der Waals surface area contributed by atoms with Gasteiger partial charge in [0.05, 0.1) is 5.69 Å². The quantitative estimate of drug-likeness (QED) is 0.650. The smallest absolute Gasteiger partial charge is 0.244 e. The number of aryl methyl sites for hydroxylation is 1. The molecule has 0 spiro atoms. The highest BCUT2D eigenvalue weighted by Gasteiger charge is 2.16. The molecule has 1 aromatic rings. The summed E-state index contributed by atoms with van der Waals surface area (Å²) >= 11 is 0. The number of rotatable bonds is 2. The number of hydrogen-bond donors (Lipinski definition) is 0. The number of nitrogens with zero attached hydrogens (tertiary/aromatic N) is 3. The summed E-state index contributed by atoms with van der Waals surface area (Å²) in [6.45, 7) is 1.69. The van der Waals surface area contributed by atoms with Crippen LogP contribution in [0.15, 0.2) is 12.5 Å². The van der Waals surface area contributed by atoms with Crippen molar-refractivity contribution in [3.05, 3.63) is 18.2 Å². The molecule has 0 bridgehead atoms. The van der Waals surface area contributed by atoms with Crippen LogP contribution in [-0.4, -0.2) is 35.8 Å². The summed E-state index contributed by atoms with van der Waals surface area (Å²) < 4.78 is 25.2. The van der Waals surface area contributed by atoms with E-state index in [1.165, 1.54) is 26.6 Å². The Balaban J connectivity index is 3.24. The third-order valence-corrected chi connectivity index (χ3v) is 3.29. The fraction of sp³-hybridized carbons (Fsp3) is 0.500. The lowest BCUT2D eigenvalue weighted by Crippen LogP contribution is -2.28. The van der Waals surface area contributed by atoms with Crippen LogP contribution in [-0.2, 0) is 10.2 Å². The minimum absolute atomic E-state index is 0.601. The van der Waals surface area contributed by atoms with Crippen molar-refractivity contribution in [3.8, 4) is 0 Å². The first-order chi connectivity index (χ1) is 5.46. The highest BCUT2D eigenvalue weighted by Crippen LogP contribution is 2.04. The summed E-state index contributed by atoms with van der Waals surface area (Å²) in [4.78, 5) is 3.73. The van der Waals surface area contributed by atoms with E-state index in [9.17, 15) is 8.42 Å². The van der Waals surface area contributed by atoms with Crippen molar-refractivity contribution in [3.63, 3.8) is 0 Å². The molecule has 1 aromatic heterocycles. The third-order valence-electron chi connectivity index (χ3n) is 1.49. The molecule has 1 rings (SSSR count).